The van der Waals surface area contributed by atoms with Gasteiger partial charge in [0.25, 0.3) is 0 Å². The van der Waals surface area contributed by atoms with Gasteiger partial charge in [0.15, 0.2) is 0 Å². The van der Waals surface area contributed by atoms with Crippen LogP contribution < -0.4 is 0 Å². The summed E-state index contributed by atoms with van der Waals surface area (Å²) in [4.78, 5) is 10.1. The van der Waals surface area contributed by atoms with Crippen LogP contribution in [-0.2, 0) is 35.6 Å². The van der Waals surface area contributed by atoms with Gasteiger partial charge in [-0.2, -0.15) is 0 Å². The number of carbonyl (C=O) groups is 1. The monoisotopic (exact) mass is 322 g/mol. The van der Waals surface area contributed by atoms with Gasteiger partial charge in [0.05, 0.1) is 0 Å². The molecule has 0 saturated heterocycles. The van der Waals surface area contributed by atoms with Gasteiger partial charge in [-0.1, -0.05) is 0 Å². The molecule has 0 aromatic heterocycles. The molecular weight excluding hydrogens is 313 g/mol. The van der Waals surface area contributed by atoms with Gasteiger partial charge in [0, 0.05) is 0 Å². The molecular formula is C4H8HgO4. The number of carbonyl (C=O) groups excluding carboxylic acids is 1. The molecule has 0 saturated carbocycles. The van der Waals surface area contributed by atoms with Crippen LogP contribution >= 0.6 is 0 Å². The molecule has 0 aliphatic rings. The Bertz CT molecular complexity index is 92.6. The zero-order valence-corrected chi connectivity index (χ0v) is 11.0. The van der Waals surface area contributed by atoms with Crippen molar-refractivity contribution in [2.45, 2.75) is 20.1 Å². The van der Waals surface area contributed by atoms with Gasteiger partial charge in [-0.05, 0) is 0 Å². The van der Waals surface area contributed by atoms with E-state index in [0.717, 1.165) is 0 Å². The Kier molecular flexibility index (Phi) is 5.32. The Morgan fingerprint density at radius 2 is 2.33 bits per heavy atom. The summed E-state index contributed by atoms with van der Waals surface area (Å²) in [5, 5.41) is 8.51. The molecule has 1 atom stereocenters. The minimum atomic E-state index is -1.94. The third-order valence-corrected chi connectivity index (χ3v) is 5.01. The van der Waals surface area contributed by atoms with Crippen molar-refractivity contribution in [3.63, 3.8) is 0 Å². The van der Waals surface area contributed by atoms with E-state index in [2.05, 4.69) is 5.29 Å². The van der Waals surface area contributed by atoms with Crippen LogP contribution in [-0.4, -0.2) is 17.4 Å². The van der Waals surface area contributed by atoms with Gasteiger partial charge in [0.1, 0.15) is 0 Å². The summed E-state index contributed by atoms with van der Waals surface area (Å²) in [6, 6.07) is 0. The first kappa shape index (κ1) is 9.33. The Morgan fingerprint density at radius 3 is 2.67 bits per heavy atom. The van der Waals surface area contributed by atoms with Gasteiger partial charge in [-0.3, -0.25) is 0 Å². The van der Waals surface area contributed by atoms with Crippen LogP contribution in [0.25, 0.3) is 0 Å². The SMILES string of the molecule is CC(=O)[O][Hg][O]C(C)O. The maximum atomic E-state index is 10.1. The van der Waals surface area contributed by atoms with Crippen molar-refractivity contribution in [3.8, 4) is 0 Å². The van der Waals surface area contributed by atoms with E-state index in [4.69, 9.17) is 5.11 Å². The Balaban J connectivity index is 3.01. The Labute approximate surface area is 66.9 Å². The van der Waals surface area contributed by atoms with E-state index < -0.39 is 31.8 Å². The van der Waals surface area contributed by atoms with E-state index in [1.807, 2.05) is 0 Å². The zero-order valence-electron chi connectivity index (χ0n) is 5.46. The standard InChI is InChI=1S/C2H5O2.C2H4O2.Hg/c2*1-2(3)4;/h2-3H,1H3;1H3,(H,3,4);/q-1;;+2/p-1. The van der Waals surface area contributed by atoms with Crippen molar-refractivity contribution in [2.24, 2.45) is 0 Å². The quantitative estimate of drug-likeness (QED) is 0.579. The number of aliphatic hydroxyl groups is 1. The Hall–Kier alpha value is 0.325. The van der Waals surface area contributed by atoms with Crippen LogP contribution in [0.5, 0.6) is 0 Å². The second kappa shape index (κ2) is 5.14. The fourth-order valence-corrected chi connectivity index (χ4v) is 1.89. The van der Waals surface area contributed by atoms with Crippen molar-refractivity contribution < 1.29 is 40.7 Å². The number of aliphatic hydroxyl groups excluding tert-OH is 1. The van der Waals surface area contributed by atoms with Crippen molar-refractivity contribution >= 4 is 5.97 Å². The number of rotatable bonds is 3. The van der Waals surface area contributed by atoms with E-state index in [1.165, 1.54) is 13.8 Å². The van der Waals surface area contributed by atoms with Crippen LogP contribution in [0.4, 0.5) is 0 Å². The summed E-state index contributed by atoms with van der Waals surface area (Å²) >= 11 is -1.94. The molecule has 0 spiro atoms. The molecule has 0 aromatic rings. The van der Waals surface area contributed by atoms with Crippen LogP contribution in [0.15, 0.2) is 0 Å². The van der Waals surface area contributed by atoms with Gasteiger partial charge in [-0.15, -0.1) is 0 Å². The topological polar surface area (TPSA) is 55.8 Å². The molecule has 0 fully saturated rings. The Morgan fingerprint density at radius 1 is 1.78 bits per heavy atom. The van der Waals surface area contributed by atoms with Gasteiger partial charge >= 0.3 is 66.8 Å². The molecule has 0 bridgehead atoms. The van der Waals surface area contributed by atoms with Crippen LogP contribution in [0.2, 0.25) is 0 Å². The number of hydrogen-bond acceptors (Lipinski definition) is 4. The molecule has 0 radical (unpaired) electrons. The summed E-state index contributed by atoms with van der Waals surface area (Å²) < 4.78 is 9.24. The summed E-state index contributed by atoms with van der Waals surface area (Å²) in [6.07, 6.45) is -0.786. The predicted molar refractivity (Wildman–Crippen MR) is 24.5 cm³/mol. The van der Waals surface area contributed by atoms with Gasteiger partial charge in [0.2, 0.25) is 0 Å². The second-order valence-corrected chi connectivity index (χ2v) is 4.85. The summed E-state index contributed by atoms with van der Waals surface area (Å²) in [7, 11) is 0. The molecule has 5 heteroatoms. The molecule has 0 rings (SSSR count). The molecule has 0 aliphatic heterocycles. The molecule has 9 heavy (non-hydrogen) atoms. The van der Waals surface area contributed by atoms with Crippen molar-refractivity contribution in [1.29, 1.82) is 0 Å². The normalized spacial score (nSPS) is 11.9. The van der Waals surface area contributed by atoms with E-state index in [1.54, 1.807) is 0 Å². The first-order valence-electron chi connectivity index (χ1n) is 2.56. The first-order valence-corrected chi connectivity index (χ1v) is 7.05. The average molecular weight is 321 g/mol. The summed E-state index contributed by atoms with van der Waals surface area (Å²) in [5.74, 6) is -0.322. The molecule has 0 amide bonds. The third-order valence-electron chi connectivity index (χ3n) is 0.571. The maximum absolute atomic E-state index is 10.1. The molecule has 1 N–H and O–H groups in total. The van der Waals surface area contributed by atoms with Crippen LogP contribution in [0.3, 0.4) is 0 Å². The zero-order chi connectivity index (χ0) is 7.28. The van der Waals surface area contributed by atoms with Crippen LogP contribution in [0.1, 0.15) is 13.8 Å². The summed E-state index contributed by atoms with van der Waals surface area (Å²) in [5.41, 5.74) is 0. The summed E-state index contributed by atoms with van der Waals surface area (Å²) in [6.45, 7) is 2.81. The predicted octanol–water partition coefficient (Wildman–Crippen LogP) is -0.183. The van der Waals surface area contributed by atoms with Gasteiger partial charge in [-0.25, -0.2) is 0 Å². The average Bonchev–Trinajstić information content (AvgIpc) is 1.63. The van der Waals surface area contributed by atoms with Crippen molar-refractivity contribution in [2.75, 3.05) is 0 Å². The molecule has 0 heterocycles. The third kappa shape index (κ3) is 8.33. The second-order valence-electron chi connectivity index (χ2n) is 1.52. The molecule has 50 valence electrons. The first-order chi connectivity index (χ1) is 4.13. The molecule has 1 unspecified atom stereocenters. The van der Waals surface area contributed by atoms with Crippen molar-refractivity contribution in [3.05, 3.63) is 0 Å². The fourth-order valence-electron chi connectivity index (χ4n) is 0.215. The minimum absolute atomic E-state index is 0.322. The number of hydrogen-bond donors (Lipinski definition) is 1. The molecule has 4 nitrogen and oxygen atoms in total. The molecule has 0 aromatic carbocycles. The fraction of sp³-hybridized carbons (Fsp3) is 0.750. The van der Waals surface area contributed by atoms with E-state index in [-0.39, 0.29) is 5.97 Å². The van der Waals surface area contributed by atoms with E-state index >= 15 is 0 Å². The van der Waals surface area contributed by atoms with Crippen LogP contribution in [0, 0.1) is 0 Å². The van der Waals surface area contributed by atoms with Crippen molar-refractivity contribution in [1.82, 2.24) is 0 Å². The van der Waals surface area contributed by atoms with Gasteiger partial charge < -0.3 is 0 Å². The van der Waals surface area contributed by atoms with E-state index in [9.17, 15) is 4.79 Å². The van der Waals surface area contributed by atoms with E-state index in [0.29, 0.717) is 0 Å². The molecule has 0 aliphatic carbocycles.